The van der Waals surface area contributed by atoms with E-state index in [-0.39, 0.29) is 5.75 Å². The van der Waals surface area contributed by atoms with Crippen LogP contribution in [-0.4, -0.2) is 24.2 Å². The average molecular weight is 344 g/mol. The van der Waals surface area contributed by atoms with Gasteiger partial charge in [-0.2, -0.15) is 0 Å². The molecule has 1 aliphatic rings. The summed E-state index contributed by atoms with van der Waals surface area (Å²) in [5.74, 6) is 0.822. The Kier molecular flexibility index (Phi) is 4.97. The second kappa shape index (κ2) is 7.15. The first-order valence-corrected chi connectivity index (χ1v) is 9.04. The van der Waals surface area contributed by atoms with E-state index < -0.39 is 0 Å². The number of phenolic OH excluding ortho intramolecular Hbond substituents is 1. The zero-order valence-electron chi connectivity index (χ0n) is 13.8. The van der Waals surface area contributed by atoms with Crippen LogP contribution in [0.4, 0.5) is 0 Å². The lowest BCUT2D eigenvalue weighted by atomic mass is 10.0. The molecule has 6 heteroatoms. The molecular weight excluding hydrogens is 320 g/mol. The third kappa shape index (κ3) is 3.49. The van der Waals surface area contributed by atoms with Crippen LogP contribution in [0, 0.1) is 0 Å². The number of piperidine rings is 1. The molecule has 128 valence electrons. The number of thiophene rings is 1. The van der Waals surface area contributed by atoms with E-state index >= 15 is 0 Å². The minimum absolute atomic E-state index is 0.224. The van der Waals surface area contributed by atoms with E-state index in [9.17, 15) is 5.11 Å². The van der Waals surface area contributed by atoms with Crippen molar-refractivity contribution in [3.8, 4) is 5.75 Å². The highest BCUT2D eigenvalue weighted by Crippen LogP contribution is 2.35. The van der Waals surface area contributed by atoms with Crippen molar-refractivity contribution in [3.63, 3.8) is 0 Å². The van der Waals surface area contributed by atoms with Gasteiger partial charge in [0.2, 0.25) is 0 Å². The van der Waals surface area contributed by atoms with Crippen LogP contribution >= 0.6 is 11.3 Å². The lowest BCUT2D eigenvalue weighted by Gasteiger charge is -2.24. The van der Waals surface area contributed by atoms with Gasteiger partial charge in [0, 0.05) is 33.9 Å². The molecule has 1 aliphatic heterocycles. The Morgan fingerprint density at radius 1 is 1.38 bits per heavy atom. The summed E-state index contributed by atoms with van der Waals surface area (Å²) in [5.41, 5.74) is 14.4. The largest absolute Gasteiger partial charge is 0.507 e. The zero-order valence-corrected chi connectivity index (χ0v) is 14.6. The van der Waals surface area contributed by atoms with E-state index in [2.05, 4.69) is 10.6 Å². The Hall–Kier alpha value is -2.18. The van der Waals surface area contributed by atoms with Crippen LogP contribution in [0.3, 0.4) is 0 Å². The maximum absolute atomic E-state index is 10.5. The smallest absolute Gasteiger partial charge is 0.133 e. The van der Waals surface area contributed by atoms with Gasteiger partial charge in [-0.3, -0.25) is 0 Å². The van der Waals surface area contributed by atoms with E-state index in [0.717, 1.165) is 41.6 Å². The monoisotopic (exact) mass is 344 g/mol. The highest BCUT2D eigenvalue weighted by atomic mass is 32.1. The Bertz CT molecular complexity index is 787. The molecule has 0 bridgehead atoms. The Labute approximate surface area is 146 Å². The highest BCUT2D eigenvalue weighted by Gasteiger charge is 2.13. The average Bonchev–Trinajstić information content (AvgIpc) is 3.05. The number of phenols is 1. The molecule has 0 aliphatic carbocycles. The highest BCUT2D eigenvalue weighted by molar-refractivity contribution is 7.17. The summed E-state index contributed by atoms with van der Waals surface area (Å²) in [6.07, 6.45) is 4.09. The Morgan fingerprint density at radius 2 is 2.21 bits per heavy atom. The molecule has 0 spiro atoms. The van der Waals surface area contributed by atoms with Crippen molar-refractivity contribution in [3.05, 3.63) is 46.6 Å². The van der Waals surface area contributed by atoms with E-state index in [0.29, 0.717) is 23.1 Å². The fraction of sp³-hybridized carbons (Fsp3) is 0.333. The van der Waals surface area contributed by atoms with E-state index in [4.69, 9.17) is 11.5 Å². The molecule has 2 aromatic rings. The van der Waals surface area contributed by atoms with Crippen molar-refractivity contribution < 1.29 is 5.11 Å². The van der Waals surface area contributed by atoms with Crippen LogP contribution in [-0.2, 0) is 0 Å². The molecular formula is C18H24N4OS. The van der Waals surface area contributed by atoms with Crippen molar-refractivity contribution in [2.24, 2.45) is 11.5 Å². The molecule has 2 heterocycles. The van der Waals surface area contributed by atoms with Gasteiger partial charge in [-0.05, 0) is 61.5 Å². The lowest BCUT2D eigenvalue weighted by molar-refractivity contribution is 0.412. The predicted octanol–water partition coefficient (Wildman–Crippen LogP) is 2.44. The number of hydrogen-bond acceptors (Lipinski definition) is 6. The molecule has 5 nitrogen and oxygen atoms in total. The second-order valence-corrected chi connectivity index (χ2v) is 7.13. The number of allylic oxidation sites excluding steroid dienone is 2. The fourth-order valence-corrected chi connectivity index (χ4v) is 3.81. The minimum atomic E-state index is 0.224. The van der Waals surface area contributed by atoms with Gasteiger partial charge in [0.1, 0.15) is 5.75 Å². The SMILES string of the molecule is CC(/C=C(\N)NC1CCCNC1)=C(/N)c1ccc2sccc2c1O. The maximum Gasteiger partial charge on any atom is 0.133 e. The van der Waals surface area contributed by atoms with Gasteiger partial charge in [0.05, 0.1) is 5.82 Å². The number of nitrogens with one attached hydrogen (secondary N) is 2. The van der Waals surface area contributed by atoms with E-state index in [1.807, 2.05) is 36.6 Å². The van der Waals surface area contributed by atoms with Crippen LogP contribution in [0.15, 0.2) is 41.0 Å². The van der Waals surface area contributed by atoms with Crippen molar-refractivity contribution in [1.82, 2.24) is 10.6 Å². The van der Waals surface area contributed by atoms with Gasteiger partial charge in [0.25, 0.3) is 0 Å². The summed E-state index contributed by atoms with van der Waals surface area (Å²) in [6, 6.07) is 6.09. The van der Waals surface area contributed by atoms with Gasteiger partial charge in [-0.15, -0.1) is 11.3 Å². The molecule has 1 aromatic heterocycles. The van der Waals surface area contributed by atoms with Crippen LogP contribution in [0.5, 0.6) is 5.75 Å². The Morgan fingerprint density at radius 3 is 2.96 bits per heavy atom. The summed E-state index contributed by atoms with van der Waals surface area (Å²) in [7, 11) is 0. The minimum Gasteiger partial charge on any atom is -0.507 e. The van der Waals surface area contributed by atoms with Crippen molar-refractivity contribution in [2.45, 2.75) is 25.8 Å². The van der Waals surface area contributed by atoms with Gasteiger partial charge < -0.3 is 27.2 Å². The molecule has 1 saturated heterocycles. The second-order valence-electron chi connectivity index (χ2n) is 6.18. The van der Waals surface area contributed by atoms with Gasteiger partial charge in [-0.1, -0.05) is 0 Å². The van der Waals surface area contributed by atoms with Crippen molar-refractivity contribution in [2.75, 3.05) is 13.1 Å². The summed E-state index contributed by atoms with van der Waals surface area (Å²) >= 11 is 1.60. The molecule has 7 N–H and O–H groups in total. The first-order chi connectivity index (χ1) is 11.6. The van der Waals surface area contributed by atoms with Crippen LogP contribution < -0.4 is 22.1 Å². The summed E-state index contributed by atoms with van der Waals surface area (Å²) in [5, 5.41) is 19.9. The van der Waals surface area contributed by atoms with Gasteiger partial charge in [-0.25, -0.2) is 0 Å². The number of benzene rings is 1. The number of fused-ring (bicyclic) bond motifs is 1. The molecule has 1 atom stereocenters. The van der Waals surface area contributed by atoms with E-state index in [1.165, 1.54) is 0 Å². The standard InChI is InChI=1S/C18H24N4OS/c1-11(9-16(19)22-12-3-2-7-21-10-12)17(20)14-4-5-15-13(18(14)23)6-8-24-15/h4-6,8-9,12,21-23H,2-3,7,10,19-20H2,1H3/b16-9+,17-11-. The Balaban J connectivity index is 1.83. The number of rotatable bonds is 4. The molecule has 1 aromatic carbocycles. The first-order valence-electron chi connectivity index (χ1n) is 8.16. The van der Waals surface area contributed by atoms with E-state index in [1.54, 1.807) is 11.3 Å². The maximum atomic E-state index is 10.5. The summed E-state index contributed by atoms with van der Waals surface area (Å²) < 4.78 is 1.04. The van der Waals surface area contributed by atoms with Gasteiger partial charge in [0.15, 0.2) is 0 Å². The molecule has 0 saturated carbocycles. The molecule has 24 heavy (non-hydrogen) atoms. The lowest BCUT2D eigenvalue weighted by Crippen LogP contribution is -2.44. The predicted molar refractivity (Wildman–Crippen MR) is 102 cm³/mol. The van der Waals surface area contributed by atoms with Crippen molar-refractivity contribution in [1.29, 1.82) is 0 Å². The fourth-order valence-electron chi connectivity index (χ4n) is 3.02. The third-order valence-electron chi connectivity index (χ3n) is 4.36. The van der Waals surface area contributed by atoms with Gasteiger partial charge >= 0.3 is 0 Å². The first kappa shape index (κ1) is 16.7. The number of hydrogen-bond donors (Lipinski definition) is 5. The normalized spacial score (nSPS) is 20.0. The molecule has 1 fully saturated rings. The third-order valence-corrected chi connectivity index (χ3v) is 5.24. The number of nitrogens with two attached hydrogens (primary N) is 2. The topological polar surface area (TPSA) is 96.3 Å². The van der Waals surface area contributed by atoms with Crippen LogP contribution in [0.2, 0.25) is 0 Å². The quantitative estimate of drug-likeness (QED) is 0.549. The zero-order chi connectivity index (χ0) is 17.1. The molecule has 0 radical (unpaired) electrons. The summed E-state index contributed by atoms with van der Waals surface area (Å²) in [6.45, 7) is 3.89. The number of aromatic hydroxyl groups is 1. The van der Waals surface area contributed by atoms with Crippen LogP contribution in [0.25, 0.3) is 15.8 Å². The molecule has 3 rings (SSSR count). The summed E-state index contributed by atoms with van der Waals surface area (Å²) in [4.78, 5) is 0. The van der Waals surface area contributed by atoms with Crippen molar-refractivity contribution >= 4 is 27.1 Å². The molecule has 0 amide bonds. The molecule has 1 unspecified atom stereocenters. The van der Waals surface area contributed by atoms with Crippen LogP contribution in [0.1, 0.15) is 25.3 Å².